The van der Waals surface area contributed by atoms with Gasteiger partial charge in [-0.05, 0) is 49.8 Å². The molecule has 0 bridgehead atoms. The maximum atomic E-state index is 13.9. The maximum absolute atomic E-state index is 13.9. The lowest BCUT2D eigenvalue weighted by molar-refractivity contribution is 0.0739. The van der Waals surface area contributed by atoms with E-state index in [2.05, 4.69) is 4.90 Å². The molecule has 4 rings (SSSR count). The van der Waals surface area contributed by atoms with Crippen molar-refractivity contribution in [2.75, 3.05) is 6.54 Å². The quantitative estimate of drug-likeness (QED) is 0.791. The van der Waals surface area contributed by atoms with Crippen LogP contribution in [0.25, 0.3) is 10.4 Å². The fraction of sp³-hybridized carbons (Fsp3) is 0.389. The Morgan fingerprint density at radius 1 is 1.14 bits per heavy atom. The summed E-state index contributed by atoms with van der Waals surface area (Å²) in [5, 5.41) is 0. The molecule has 4 heteroatoms. The van der Waals surface area contributed by atoms with Gasteiger partial charge in [-0.1, -0.05) is 18.2 Å². The maximum Gasteiger partial charge on any atom is 0.264 e. The predicted molar refractivity (Wildman–Crippen MR) is 86.5 cm³/mol. The van der Waals surface area contributed by atoms with E-state index in [9.17, 15) is 9.18 Å². The van der Waals surface area contributed by atoms with Crippen LogP contribution in [0.4, 0.5) is 4.39 Å². The predicted octanol–water partition coefficient (Wildman–Crippen LogP) is 4.57. The van der Waals surface area contributed by atoms with Gasteiger partial charge in [-0.25, -0.2) is 4.39 Å². The van der Waals surface area contributed by atoms with Crippen molar-refractivity contribution in [1.82, 2.24) is 4.90 Å². The molecule has 0 unspecified atom stereocenters. The molecule has 0 radical (unpaired) electrons. The van der Waals surface area contributed by atoms with Crippen LogP contribution in [0.1, 0.15) is 35.4 Å². The first-order chi connectivity index (χ1) is 10.7. The van der Waals surface area contributed by atoms with Crippen molar-refractivity contribution in [2.24, 2.45) is 5.92 Å². The average molecular weight is 315 g/mol. The average Bonchev–Trinajstić information content (AvgIpc) is 3.44. The molecule has 2 fully saturated rings. The summed E-state index contributed by atoms with van der Waals surface area (Å²) in [6.45, 7) is 0.899. The van der Waals surface area contributed by atoms with E-state index in [1.165, 1.54) is 30.2 Å². The zero-order chi connectivity index (χ0) is 15.1. The Balaban J connectivity index is 1.57. The van der Waals surface area contributed by atoms with Gasteiger partial charge in [0.2, 0.25) is 0 Å². The number of carbonyl (C=O) groups excluding carboxylic acids is 1. The fourth-order valence-electron chi connectivity index (χ4n) is 2.76. The summed E-state index contributed by atoms with van der Waals surface area (Å²) in [7, 11) is 0. The Kier molecular flexibility index (Phi) is 3.49. The van der Waals surface area contributed by atoms with Gasteiger partial charge in [0.15, 0.2) is 0 Å². The van der Waals surface area contributed by atoms with Crippen molar-refractivity contribution in [3.8, 4) is 10.4 Å². The van der Waals surface area contributed by atoms with E-state index in [4.69, 9.17) is 0 Å². The summed E-state index contributed by atoms with van der Waals surface area (Å²) in [6.07, 6.45) is 4.76. The minimum Gasteiger partial charge on any atom is -0.335 e. The van der Waals surface area contributed by atoms with E-state index < -0.39 is 0 Å². The number of halogens is 1. The van der Waals surface area contributed by atoms with Crippen LogP contribution in [0.2, 0.25) is 0 Å². The smallest absolute Gasteiger partial charge is 0.264 e. The molecular weight excluding hydrogens is 297 g/mol. The normalized spacial score (nSPS) is 17.5. The molecule has 0 N–H and O–H groups in total. The topological polar surface area (TPSA) is 20.3 Å². The largest absolute Gasteiger partial charge is 0.335 e. The number of hydrogen-bond donors (Lipinski definition) is 0. The van der Waals surface area contributed by atoms with E-state index in [1.807, 2.05) is 18.2 Å². The van der Waals surface area contributed by atoms with Gasteiger partial charge in [0.1, 0.15) is 5.82 Å². The highest BCUT2D eigenvalue weighted by atomic mass is 32.1. The molecule has 2 aliphatic carbocycles. The van der Waals surface area contributed by atoms with Gasteiger partial charge in [0, 0.05) is 23.0 Å². The monoisotopic (exact) mass is 315 g/mol. The van der Waals surface area contributed by atoms with Crippen molar-refractivity contribution in [2.45, 2.75) is 31.7 Å². The number of benzene rings is 1. The van der Waals surface area contributed by atoms with E-state index in [1.54, 1.807) is 12.1 Å². The Morgan fingerprint density at radius 2 is 1.91 bits per heavy atom. The molecular formula is C18H18FNOS. The molecule has 22 heavy (non-hydrogen) atoms. The minimum atomic E-state index is -0.236. The number of nitrogens with zero attached hydrogens (tertiary/aromatic N) is 1. The Morgan fingerprint density at radius 3 is 2.59 bits per heavy atom. The van der Waals surface area contributed by atoms with Gasteiger partial charge in [0.25, 0.3) is 5.91 Å². The summed E-state index contributed by atoms with van der Waals surface area (Å²) in [5.74, 6) is 0.595. The molecule has 1 aromatic heterocycles. The zero-order valence-corrected chi connectivity index (χ0v) is 13.1. The van der Waals surface area contributed by atoms with Crippen LogP contribution in [0.3, 0.4) is 0 Å². The Labute approximate surface area is 133 Å². The Hall–Kier alpha value is -1.68. The van der Waals surface area contributed by atoms with Crippen LogP contribution in [0.15, 0.2) is 36.4 Å². The number of thiophene rings is 1. The third-order valence-electron chi connectivity index (χ3n) is 4.36. The standard InChI is InChI=1S/C18H18FNOS/c19-15-4-2-1-3-14(15)16-9-10-17(22-16)18(21)20(13-7-8-13)11-12-5-6-12/h1-4,9-10,12-13H,5-8,11H2. The highest BCUT2D eigenvalue weighted by Crippen LogP contribution is 2.37. The second kappa shape index (κ2) is 5.51. The first kappa shape index (κ1) is 13.9. The molecule has 114 valence electrons. The number of rotatable bonds is 5. The van der Waals surface area contributed by atoms with E-state index in [0.717, 1.165) is 29.1 Å². The molecule has 2 nitrogen and oxygen atoms in total. The second-order valence-electron chi connectivity index (χ2n) is 6.28. The van der Waals surface area contributed by atoms with Gasteiger partial charge >= 0.3 is 0 Å². The minimum absolute atomic E-state index is 0.127. The number of carbonyl (C=O) groups is 1. The number of hydrogen-bond acceptors (Lipinski definition) is 2. The van der Waals surface area contributed by atoms with Gasteiger partial charge in [0.05, 0.1) is 4.88 Å². The summed E-state index contributed by atoms with van der Waals surface area (Å²) < 4.78 is 13.9. The number of amides is 1. The zero-order valence-electron chi connectivity index (χ0n) is 12.3. The molecule has 0 saturated heterocycles. The summed E-state index contributed by atoms with van der Waals surface area (Å²) in [4.78, 5) is 16.4. The third-order valence-corrected chi connectivity index (χ3v) is 5.46. The molecule has 0 atom stereocenters. The lowest BCUT2D eigenvalue weighted by atomic mass is 10.2. The third kappa shape index (κ3) is 2.80. The molecule has 2 aromatic rings. The highest BCUT2D eigenvalue weighted by molar-refractivity contribution is 7.17. The van der Waals surface area contributed by atoms with Crippen LogP contribution >= 0.6 is 11.3 Å². The SMILES string of the molecule is O=C(c1ccc(-c2ccccc2F)s1)N(CC1CC1)C1CC1. The molecule has 1 heterocycles. The lowest BCUT2D eigenvalue weighted by Gasteiger charge is -2.21. The van der Waals surface area contributed by atoms with Crippen LogP contribution in [-0.4, -0.2) is 23.4 Å². The molecule has 0 aliphatic heterocycles. The van der Waals surface area contributed by atoms with Gasteiger partial charge in [-0.3, -0.25) is 4.79 Å². The van der Waals surface area contributed by atoms with Crippen LogP contribution in [0, 0.1) is 11.7 Å². The van der Waals surface area contributed by atoms with Gasteiger partial charge in [-0.2, -0.15) is 0 Å². The van der Waals surface area contributed by atoms with E-state index >= 15 is 0 Å². The molecule has 0 spiro atoms. The van der Waals surface area contributed by atoms with Crippen molar-refractivity contribution in [1.29, 1.82) is 0 Å². The second-order valence-corrected chi connectivity index (χ2v) is 7.36. The van der Waals surface area contributed by atoms with Crippen molar-refractivity contribution >= 4 is 17.2 Å². The van der Waals surface area contributed by atoms with Gasteiger partial charge in [-0.15, -0.1) is 11.3 Å². The van der Waals surface area contributed by atoms with E-state index in [-0.39, 0.29) is 11.7 Å². The summed E-state index contributed by atoms with van der Waals surface area (Å²) in [5.41, 5.74) is 0.576. The lowest BCUT2D eigenvalue weighted by Crippen LogP contribution is -2.34. The first-order valence-corrected chi connectivity index (χ1v) is 8.70. The van der Waals surface area contributed by atoms with Crippen molar-refractivity contribution in [3.05, 3.63) is 47.1 Å². The fourth-order valence-corrected chi connectivity index (χ4v) is 3.75. The first-order valence-electron chi connectivity index (χ1n) is 7.88. The molecule has 1 amide bonds. The highest BCUT2D eigenvalue weighted by Gasteiger charge is 2.37. The molecule has 1 aromatic carbocycles. The molecule has 2 saturated carbocycles. The Bertz CT molecular complexity index is 703. The van der Waals surface area contributed by atoms with Crippen LogP contribution < -0.4 is 0 Å². The van der Waals surface area contributed by atoms with Crippen LogP contribution in [-0.2, 0) is 0 Å². The summed E-state index contributed by atoms with van der Waals surface area (Å²) in [6, 6.07) is 10.9. The molecule has 2 aliphatic rings. The summed E-state index contributed by atoms with van der Waals surface area (Å²) >= 11 is 1.40. The van der Waals surface area contributed by atoms with Crippen molar-refractivity contribution in [3.63, 3.8) is 0 Å². The van der Waals surface area contributed by atoms with Crippen LogP contribution in [0.5, 0.6) is 0 Å². The van der Waals surface area contributed by atoms with Crippen molar-refractivity contribution < 1.29 is 9.18 Å². The van der Waals surface area contributed by atoms with Gasteiger partial charge < -0.3 is 4.90 Å². The van der Waals surface area contributed by atoms with E-state index in [0.29, 0.717) is 17.5 Å².